The Morgan fingerprint density at radius 2 is 1.76 bits per heavy atom. The molecule has 1 unspecified atom stereocenters. The van der Waals surface area contributed by atoms with Crippen LogP contribution in [0.2, 0.25) is 0 Å². The molecule has 1 atom stereocenters. The van der Waals surface area contributed by atoms with Crippen LogP contribution in [-0.2, 0) is 20.9 Å². The fourth-order valence-corrected chi connectivity index (χ4v) is 3.61. The molecule has 0 spiro atoms. The first-order valence-electron chi connectivity index (χ1n) is 10.8. The number of aromatic nitrogens is 4. The molecule has 2 aromatic heterocycles. The van der Waals surface area contributed by atoms with Gasteiger partial charge in [-0.25, -0.2) is 4.79 Å². The van der Waals surface area contributed by atoms with Gasteiger partial charge in [0.1, 0.15) is 24.5 Å². The Kier molecular flexibility index (Phi) is 7.48. The predicted molar refractivity (Wildman–Crippen MR) is 119 cm³/mol. The van der Waals surface area contributed by atoms with E-state index >= 15 is 0 Å². The summed E-state index contributed by atoms with van der Waals surface area (Å²) in [6.45, 7) is 8.30. The van der Waals surface area contributed by atoms with E-state index in [0.29, 0.717) is 44.2 Å². The highest BCUT2D eigenvalue weighted by Crippen LogP contribution is 2.19. The van der Waals surface area contributed by atoms with E-state index in [0.717, 1.165) is 0 Å². The van der Waals surface area contributed by atoms with Crippen LogP contribution in [0, 0.1) is 24.0 Å². The Bertz CT molecular complexity index is 1090. The summed E-state index contributed by atoms with van der Waals surface area (Å²) in [6, 6.07) is -0.616. The normalized spacial score (nSPS) is 14.6. The van der Waals surface area contributed by atoms with Gasteiger partial charge < -0.3 is 19.9 Å². The number of carbonyl (C=O) groups is 3. The van der Waals surface area contributed by atoms with Crippen molar-refractivity contribution in [1.29, 1.82) is 0 Å². The second-order valence-corrected chi connectivity index (χ2v) is 7.90. The van der Waals surface area contributed by atoms with E-state index in [9.17, 15) is 24.5 Å². The largest absolute Gasteiger partial charge is 0.450 e. The molecular formula is C20H28N8O6. The zero-order chi connectivity index (χ0) is 25.0. The summed E-state index contributed by atoms with van der Waals surface area (Å²) in [6.07, 6.45) is 2.39. The molecule has 0 radical (unpaired) electrons. The number of aryl methyl sites for hydroxylation is 2. The highest BCUT2D eigenvalue weighted by Gasteiger charge is 2.29. The maximum Gasteiger partial charge on any atom is 0.409 e. The standard InChI is InChI=1S/C20H28N8O6/c1-5-34-20(31)25-8-6-24(7-9-25)19(30)15(4)27-10-16(13(2)23-27)21-18(29)12-26-11-17(28(32)33)14(3)22-26/h10-11,15H,5-9,12H2,1-4H3,(H,21,29). The van der Waals surface area contributed by atoms with Crippen molar-refractivity contribution in [1.82, 2.24) is 29.4 Å². The van der Waals surface area contributed by atoms with Crippen LogP contribution in [0.3, 0.4) is 0 Å². The second kappa shape index (κ2) is 10.3. The van der Waals surface area contributed by atoms with Crippen LogP contribution < -0.4 is 5.32 Å². The summed E-state index contributed by atoms with van der Waals surface area (Å²) in [5.41, 5.74) is 1.00. The topological polar surface area (TPSA) is 158 Å². The van der Waals surface area contributed by atoms with E-state index in [-0.39, 0.29) is 29.9 Å². The molecule has 3 heterocycles. The van der Waals surface area contributed by atoms with Gasteiger partial charge in [0.15, 0.2) is 0 Å². The smallest absolute Gasteiger partial charge is 0.409 e. The maximum absolute atomic E-state index is 13.0. The number of nitrogens with zero attached hydrogens (tertiary/aromatic N) is 7. The van der Waals surface area contributed by atoms with Crippen molar-refractivity contribution in [2.45, 2.75) is 40.3 Å². The Hall–Kier alpha value is -3.97. The van der Waals surface area contributed by atoms with E-state index in [2.05, 4.69) is 15.5 Å². The van der Waals surface area contributed by atoms with Crippen LogP contribution in [0.4, 0.5) is 16.2 Å². The van der Waals surface area contributed by atoms with Crippen molar-refractivity contribution < 1.29 is 24.0 Å². The minimum Gasteiger partial charge on any atom is -0.450 e. The zero-order valence-corrected chi connectivity index (χ0v) is 19.6. The molecule has 1 saturated heterocycles. The number of hydrogen-bond donors (Lipinski definition) is 1. The molecule has 14 nitrogen and oxygen atoms in total. The maximum atomic E-state index is 13.0. The van der Waals surface area contributed by atoms with Gasteiger partial charge in [-0.15, -0.1) is 0 Å². The van der Waals surface area contributed by atoms with Gasteiger partial charge in [0.05, 0.1) is 22.9 Å². The van der Waals surface area contributed by atoms with Crippen LogP contribution in [-0.4, -0.2) is 85.0 Å². The quantitative estimate of drug-likeness (QED) is 0.460. The first kappa shape index (κ1) is 24.7. The molecular weight excluding hydrogens is 448 g/mol. The molecule has 2 aromatic rings. The van der Waals surface area contributed by atoms with E-state index in [1.54, 1.807) is 36.8 Å². The number of hydrogen-bond acceptors (Lipinski definition) is 8. The van der Waals surface area contributed by atoms with E-state index in [1.807, 2.05) is 0 Å². The van der Waals surface area contributed by atoms with Crippen molar-refractivity contribution in [3.63, 3.8) is 0 Å². The average molecular weight is 476 g/mol. The average Bonchev–Trinajstić information content (AvgIpc) is 3.34. The number of piperazine rings is 1. The van der Waals surface area contributed by atoms with Gasteiger partial charge in [-0.2, -0.15) is 10.2 Å². The fraction of sp³-hybridized carbons (Fsp3) is 0.550. The predicted octanol–water partition coefficient (Wildman–Crippen LogP) is 1.11. The summed E-state index contributed by atoms with van der Waals surface area (Å²) in [7, 11) is 0. The Labute approximate surface area is 195 Å². The molecule has 1 aliphatic rings. The van der Waals surface area contributed by atoms with Crippen molar-refractivity contribution in [2.75, 3.05) is 38.1 Å². The highest BCUT2D eigenvalue weighted by atomic mass is 16.6. The Balaban J connectivity index is 1.59. The van der Waals surface area contributed by atoms with Crippen LogP contribution in [0.1, 0.15) is 31.3 Å². The third kappa shape index (κ3) is 5.50. The van der Waals surface area contributed by atoms with Gasteiger partial charge in [0.25, 0.3) is 0 Å². The summed E-state index contributed by atoms with van der Waals surface area (Å²) in [4.78, 5) is 50.8. The molecule has 1 fully saturated rings. The number of amides is 3. The van der Waals surface area contributed by atoms with Crippen molar-refractivity contribution in [3.8, 4) is 0 Å². The van der Waals surface area contributed by atoms with Gasteiger partial charge >= 0.3 is 11.8 Å². The van der Waals surface area contributed by atoms with Gasteiger partial charge in [-0.1, -0.05) is 0 Å². The molecule has 0 bridgehead atoms. The monoisotopic (exact) mass is 476 g/mol. The van der Waals surface area contributed by atoms with Crippen LogP contribution in [0.5, 0.6) is 0 Å². The summed E-state index contributed by atoms with van der Waals surface area (Å²) < 4.78 is 7.68. The molecule has 1 aliphatic heterocycles. The number of carbonyl (C=O) groups excluding carboxylic acids is 3. The van der Waals surface area contributed by atoms with Crippen LogP contribution in [0.15, 0.2) is 12.4 Å². The minimum atomic E-state index is -0.616. The molecule has 1 N–H and O–H groups in total. The lowest BCUT2D eigenvalue weighted by Gasteiger charge is -2.35. The first-order chi connectivity index (χ1) is 16.1. The number of rotatable bonds is 7. The lowest BCUT2D eigenvalue weighted by atomic mass is 10.2. The lowest BCUT2D eigenvalue weighted by molar-refractivity contribution is -0.385. The number of nitrogens with one attached hydrogen (secondary N) is 1. The Morgan fingerprint density at radius 3 is 2.35 bits per heavy atom. The second-order valence-electron chi connectivity index (χ2n) is 7.90. The van der Waals surface area contributed by atoms with E-state index in [4.69, 9.17) is 4.74 Å². The molecule has 3 amide bonds. The molecule has 3 rings (SSSR count). The number of nitro groups is 1. The van der Waals surface area contributed by atoms with E-state index < -0.39 is 16.9 Å². The molecule has 0 aliphatic carbocycles. The molecule has 0 saturated carbocycles. The number of anilines is 1. The summed E-state index contributed by atoms with van der Waals surface area (Å²) in [5.74, 6) is -0.586. The third-order valence-electron chi connectivity index (χ3n) is 5.49. The van der Waals surface area contributed by atoms with Crippen LogP contribution in [0.25, 0.3) is 0 Å². The number of ether oxygens (including phenoxy) is 1. The first-order valence-corrected chi connectivity index (χ1v) is 10.8. The molecule has 184 valence electrons. The van der Waals surface area contributed by atoms with Gasteiger partial charge in [-0.3, -0.25) is 29.1 Å². The van der Waals surface area contributed by atoms with Crippen molar-refractivity contribution >= 4 is 29.3 Å². The molecule has 0 aromatic carbocycles. The van der Waals surface area contributed by atoms with Gasteiger partial charge in [0, 0.05) is 32.4 Å². The summed E-state index contributed by atoms with van der Waals surface area (Å²) >= 11 is 0. The third-order valence-corrected chi connectivity index (χ3v) is 5.49. The molecule has 34 heavy (non-hydrogen) atoms. The van der Waals surface area contributed by atoms with Gasteiger partial charge in [-0.05, 0) is 27.7 Å². The van der Waals surface area contributed by atoms with Crippen molar-refractivity contribution in [2.24, 2.45) is 0 Å². The molecule has 14 heteroatoms. The SMILES string of the molecule is CCOC(=O)N1CCN(C(=O)C(C)n2cc(NC(=O)Cn3cc([N+](=O)[O-])c(C)n3)c(C)n2)CC1. The van der Waals surface area contributed by atoms with Crippen LogP contribution >= 0.6 is 0 Å². The summed E-state index contributed by atoms with van der Waals surface area (Å²) in [5, 5.41) is 22.0. The van der Waals surface area contributed by atoms with Crippen molar-refractivity contribution in [3.05, 3.63) is 33.9 Å². The fourth-order valence-electron chi connectivity index (χ4n) is 3.61. The van der Waals surface area contributed by atoms with Gasteiger partial charge in [0.2, 0.25) is 11.8 Å². The lowest BCUT2D eigenvalue weighted by Crippen LogP contribution is -2.52. The zero-order valence-electron chi connectivity index (χ0n) is 19.6. The Morgan fingerprint density at radius 1 is 1.12 bits per heavy atom. The highest BCUT2D eigenvalue weighted by molar-refractivity contribution is 5.91. The minimum absolute atomic E-state index is 0.150. The van der Waals surface area contributed by atoms with E-state index in [1.165, 1.54) is 22.5 Å².